The summed E-state index contributed by atoms with van der Waals surface area (Å²) in [5, 5.41) is 0.694. The molecule has 74 heavy (non-hydrogen) atoms. The molecule has 6 heterocycles. The van der Waals surface area contributed by atoms with Crippen molar-refractivity contribution >= 4 is 41.1 Å². The van der Waals surface area contributed by atoms with E-state index in [-0.39, 0.29) is 67.2 Å². The molecule has 396 valence electrons. The summed E-state index contributed by atoms with van der Waals surface area (Å²) in [5.74, 6) is 1.49. The molecule has 0 saturated heterocycles. The lowest BCUT2D eigenvalue weighted by atomic mass is 10.0. The number of ether oxygens (including phenoxy) is 1. The van der Waals surface area contributed by atoms with Crippen LogP contribution in [0.3, 0.4) is 0 Å². The van der Waals surface area contributed by atoms with E-state index < -0.39 is 0 Å². The molecule has 5 amide bonds. The molecule has 5 aliphatic rings. The van der Waals surface area contributed by atoms with Crippen molar-refractivity contribution < 1.29 is 28.7 Å². The van der Waals surface area contributed by atoms with Crippen LogP contribution in [0.5, 0.6) is 5.75 Å². The van der Waals surface area contributed by atoms with Gasteiger partial charge in [0.2, 0.25) is 0 Å². The summed E-state index contributed by atoms with van der Waals surface area (Å²) < 4.78 is 5.25. The largest absolute Gasteiger partial charge is 0.496 e. The lowest BCUT2D eigenvalue weighted by Crippen LogP contribution is -2.30. The fourth-order valence-electron chi connectivity index (χ4n) is 9.44. The molecule has 0 spiro atoms. The number of carbonyl (C=O) groups is 5. The van der Waals surface area contributed by atoms with Gasteiger partial charge in [-0.15, -0.1) is 0 Å². The van der Waals surface area contributed by atoms with Crippen molar-refractivity contribution in [2.45, 2.75) is 173 Å². The van der Waals surface area contributed by atoms with Crippen molar-refractivity contribution in [2.75, 3.05) is 7.11 Å². The molecule has 0 saturated carbocycles. The van der Waals surface area contributed by atoms with Crippen LogP contribution < -0.4 is 4.74 Å². The molecular formula is C61H79ClN6O6. The van der Waals surface area contributed by atoms with E-state index in [1.165, 1.54) is 24.0 Å². The van der Waals surface area contributed by atoms with E-state index in [9.17, 15) is 24.0 Å². The van der Waals surface area contributed by atoms with E-state index in [0.717, 1.165) is 81.0 Å². The van der Waals surface area contributed by atoms with Gasteiger partial charge in [0.25, 0.3) is 29.5 Å². The summed E-state index contributed by atoms with van der Waals surface area (Å²) >= 11 is 6.03. The third-order valence-corrected chi connectivity index (χ3v) is 14.2. The number of pyridine rings is 1. The molecule has 13 heteroatoms. The summed E-state index contributed by atoms with van der Waals surface area (Å²) in [5.41, 5.74) is 11.9. The number of aromatic nitrogens is 1. The zero-order valence-electron chi connectivity index (χ0n) is 45.2. The predicted octanol–water partition coefficient (Wildman–Crippen LogP) is 12.6. The van der Waals surface area contributed by atoms with Gasteiger partial charge in [-0.2, -0.15) is 0 Å². The summed E-state index contributed by atoms with van der Waals surface area (Å²) in [6, 6.07) is 28.5. The number of aryl methyl sites for hydroxylation is 2. The van der Waals surface area contributed by atoms with Crippen LogP contribution in [0.2, 0.25) is 5.02 Å². The quantitative estimate of drug-likeness (QED) is 0.144. The number of halogens is 1. The first-order valence-corrected chi connectivity index (χ1v) is 26.2. The van der Waals surface area contributed by atoms with Gasteiger partial charge in [0.1, 0.15) is 5.75 Å². The highest BCUT2D eigenvalue weighted by Crippen LogP contribution is 2.33. The number of unbranched alkanes of at least 4 members (excludes halogenated alkanes) is 1. The van der Waals surface area contributed by atoms with Gasteiger partial charge >= 0.3 is 0 Å². The second-order valence-corrected chi connectivity index (χ2v) is 21.0. The number of rotatable bonds is 9. The van der Waals surface area contributed by atoms with Gasteiger partial charge in [0.15, 0.2) is 0 Å². The normalized spacial score (nSPS) is 14.7. The zero-order valence-corrected chi connectivity index (χ0v) is 46.0. The Kier molecular flexibility index (Phi) is 20.2. The van der Waals surface area contributed by atoms with Crippen molar-refractivity contribution in [2.24, 2.45) is 0 Å². The molecule has 4 aromatic carbocycles. The Hall–Kier alpha value is -6.53. The molecule has 12 nitrogen and oxygen atoms in total. The first-order chi connectivity index (χ1) is 34.7. The maximum absolute atomic E-state index is 12.1. The summed E-state index contributed by atoms with van der Waals surface area (Å²) in [6.07, 6.45) is 5.30. The molecule has 0 unspecified atom stereocenters. The third-order valence-electron chi connectivity index (χ3n) is 13.8. The van der Waals surface area contributed by atoms with Gasteiger partial charge in [0, 0.05) is 94.4 Å². The number of hydrogen-bond acceptors (Lipinski definition) is 7. The van der Waals surface area contributed by atoms with Gasteiger partial charge in [-0.3, -0.25) is 29.0 Å². The highest BCUT2D eigenvalue weighted by Gasteiger charge is 2.34. The van der Waals surface area contributed by atoms with Crippen LogP contribution in [0.1, 0.15) is 187 Å². The van der Waals surface area contributed by atoms with Crippen molar-refractivity contribution in [3.05, 3.63) is 163 Å². The Morgan fingerprint density at radius 3 is 1.57 bits per heavy atom. The molecule has 0 radical (unpaired) electrons. The standard InChI is InChI=1S/C15H21NO.C12H15NO2.C12H15NO.C11H12ClNO.C10H12N2O.CH4/c1-4-5-6-12-7-8-14-13(9-12)10-16(11(2)3)15(14)17;1-8(2)13-7-10-9(12(13)14)5-4-6-11(10)15-3;1-8(2)13-7-10-5-4-9(3)6-11(10)12(13)14;1-7(2)13-6-9-8(11(13)14)4-3-5-10(9)12;1-7(2)12-6-9-8(10(12)13)4-3-5-11-9;/h7-9,11H,4-6,10H2,1-3H3;4-6,8H,7H2,1-3H3;4-6,8H,7H2,1-3H3;3-5,7H,6H2,1-2H3;3-5,7H,6H2,1-2H3;1H4. The monoisotopic (exact) mass is 1030 g/mol. The van der Waals surface area contributed by atoms with Crippen LogP contribution in [0.15, 0.2) is 91.1 Å². The molecule has 0 aliphatic carbocycles. The maximum atomic E-state index is 12.1. The fraction of sp³-hybridized carbons (Fsp3) is 0.443. The minimum absolute atomic E-state index is 0. The molecular weight excluding hydrogens is 948 g/mol. The number of carbonyl (C=O) groups excluding carboxylic acids is 5. The number of amides is 5. The van der Waals surface area contributed by atoms with Crippen LogP contribution in [-0.4, -0.2) is 96.3 Å². The molecule has 0 atom stereocenters. The molecule has 5 aromatic rings. The molecule has 5 aliphatic heterocycles. The van der Waals surface area contributed by atoms with E-state index in [4.69, 9.17) is 16.3 Å². The average molecular weight is 1030 g/mol. The van der Waals surface area contributed by atoms with Crippen LogP contribution in [0, 0.1) is 6.92 Å². The molecule has 0 bridgehead atoms. The minimum Gasteiger partial charge on any atom is -0.496 e. The van der Waals surface area contributed by atoms with Gasteiger partial charge in [0.05, 0.1) is 31.5 Å². The van der Waals surface area contributed by atoms with Gasteiger partial charge in [-0.25, -0.2) is 0 Å². The summed E-state index contributed by atoms with van der Waals surface area (Å²) in [6.45, 7) is 28.1. The Bertz CT molecular complexity index is 2820. The van der Waals surface area contributed by atoms with Crippen LogP contribution >= 0.6 is 11.6 Å². The van der Waals surface area contributed by atoms with E-state index >= 15 is 0 Å². The van der Waals surface area contributed by atoms with Gasteiger partial charge in [-0.05, 0) is 154 Å². The molecule has 0 fully saturated rings. The maximum Gasteiger partial charge on any atom is 0.256 e. The second kappa shape index (κ2) is 25.6. The number of nitrogens with zero attached hydrogens (tertiary/aromatic N) is 6. The van der Waals surface area contributed by atoms with E-state index in [2.05, 4.69) is 63.9 Å². The van der Waals surface area contributed by atoms with Crippen LogP contribution in [-0.2, 0) is 39.1 Å². The first-order valence-electron chi connectivity index (χ1n) is 25.8. The van der Waals surface area contributed by atoms with Crippen molar-refractivity contribution in [3.8, 4) is 5.75 Å². The lowest BCUT2D eigenvalue weighted by molar-refractivity contribution is 0.0722. The Morgan fingerprint density at radius 2 is 1.01 bits per heavy atom. The Labute approximate surface area is 446 Å². The van der Waals surface area contributed by atoms with Gasteiger partial charge in [-0.1, -0.05) is 74.3 Å². The highest BCUT2D eigenvalue weighted by molar-refractivity contribution is 6.32. The Balaban J connectivity index is 0.000000171. The zero-order chi connectivity index (χ0) is 53.4. The van der Waals surface area contributed by atoms with Gasteiger partial charge < -0.3 is 29.2 Å². The number of hydrogen-bond donors (Lipinski definition) is 0. The Morgan fingerprint density at radius 1 is 0.527 bits per heavy atom. The number of fused-ring (bicyclic) bond motifs is 5. The SMILES string of the molecule is C.CC(C)N1Cc2c(Cl)cccc2C1=O.CC(C)N1Cc2ncccc2C1=O.CCCCc1ccc2c(c1)CN(C(C)C)C2=O.COc1cccc2c1CN(C(C)C)C2=O.Cc1ccc2c(c1)C(=O)N(C(C)C)C2. The minimum atomic E-state index is 0. The molecule has 0 N–H and O–H groups in total. The van der Waals surface area contributed by atoms with E-state index in [0.29, 0.717) is 24.7 Å². The van der Waals surface area contributed by atoms with Crippen LogP contribution in [0.25, 0.3) is 0 Å². The average Bonchev–Trinajstić information content (AvgIpc) is 4.17. The fourth-order valence-corrected chi connectivity index (χ4v) is 9.67. The summed E-state index contributed by atoms with van der Waals surface area (Å²) in [7, 11) is 1.64. The smallest absolute Gasteiger partial charge is 0.256 e. The second-order valence-electron chi connectivity index (χ2n) is 20.6. The van der Waals surface area contributed by atoms with Crippen molar-refractivity contribution in [1.82, 2.24) is 29.5 Å². The topological polar surface area (TPSA) is 124 Å². The number of methoxy groups -OCH3 is 1. The summed E-state index contributed by atoms with van der Waals surface area (Å²) in [4.78, 5) is 73.1. The van der Waals surface area contributed by atoms with E-state index in [1.807, 2.05) is 128 Å². The third kappa shape index (κ3) is 13.0. The number of benzene rings is 4. The highest BCUT2D eigenvalue weighted by atomic mass is 35.5. The predicted molar refractivity (Wildman–Crippen MR) is 297 cm³/mol. The van der Waals surface area contributed by atoms with Crippen molar-refractivity contribution in [3.63, 3.8) is 0 Å². The van der Waals surface area contributed by atoms with Crippen LogP contribution in [0.4, 0.5) is 0 Å². The molecule has 10 rings (SSSR count). The lowest BCUT2D eigenvalue weighted by Gasteiger charge is -2.19. The van der Waals surface area contributed by atoms with Crippen molar-refractivity contribution in [1.29, 1.82) is 0 Å². The van der Waals surface area contributed by atoms with E-state index in [1.54, 1.807) is 19.4 Å². The molecule has 1 aromatic heterocycles. The first kappa shape index (κ1) is 58.4.